The molecule has 2 fully saturated rings. The summed E-state index contributed by atoms with van der Waals surface area (Å²) in [6.07, 6.45) is 5.24. The molecule has 90 valence electrons. The Morgan fingerprint density at radius 3 is 2.13 bits per heavy atom. The molecule has 0 aromatic heterocycles. The van der Waals surface area contributed by atoms with E-state index in [9.17, 15) is 0 Å². The topological polar surface area (TPSA) is 38.7 Å². The van der Waals surface area contributed by atoms with Crippen LogP contribution in [0.15, 0.2) is 0 Å². The van der Waals surface area contributed by atoms with E-state index < -0.39 is 0 Å². The molecule has 0 bridgehead atoms. The molecule has 2 aliphatic rings. The Labute approximate surface area is 92.8 Å². The highest BCUT2D eigenvalue weighted by Gasteiger charge is 2.39. The SMILES string of the molecule is CC.OCCC1CCC2(CC1)OCCO2. The van der Waals surface area contributed by atoms with Crippen LogP contribution in [0.4, 0.5) is 0 Å². The molecule has 0 aromatic carbocycles. The lowest BCUT2D eigenvalue weighted by Crippen LogP contribution is -2.35. The third-order valence-electron chi connectivity index (χ3n) is 3.22. The van der Waals surface area contributed by atoms with Crippen molar-refractivity contribution >= 4 is 0 Å². The lowest BCUT2D eigenvalue weighted by atomic mass is 9.83. The fourth-order valence-electron chi connectivity index (χ4n) is 2.37. The molecule has 15 heavy (non-hydrogen) atoms. The normalized spacial score (nSPS) is 25.0. The Hall–Kier alpha value is -0.120. The highest BCUT2D eigenvalue weighted by atomic mass is 16.7. The van der Waals surface area contributed by atoms with Crippen molar-refractivity contribution in [2.24, 2.45) is 5.92 Å². The van der Waals surface area contributed by atoms with Gasteiger partial charge in [0, 0.05) is 19.4 Å². The summed E-state index contributed by atoms with van der Waals surface area (Å²) in [5.41, 5.74) is 0. The van der Waals surface area contributed by atoms with E-state index in [1.165, 1.54) is 0 Å². The third kappa shape index (κ3) is 3.44. The van der Waals surface area contributed by atoms with Crippen LogP contribution in [-0.4, -0.2) is 30.7 Å². The van der Waals surface area contributed by atoms with Gasteiger partial charge in [-0.2, -0.15) is 0 Å². The molecular weight excluding hydrogens is 192 g/mol. The van der Waals surface area contributed by atoms with Crippen LogP contribution in [0.1, 0.15) is 46.0 Å². The average Bonchev–Trinajstić information content (AvgIpc) is 2.74. The Bertz CT molecular complexity index is 154. The molecule has 0 unspecified atom stereocenters. The highest BCUT2D eigenvalue weighted by Crippen LogP contribution is 2.39. The van der Waals surface area contributed by atoms with Crippen LogP contribution in [0.3, 0.4) is 0 Å². The lowest BCUT2D eigenvalue weighted by Gasteiger charge is -2.35. The number of hydrogen-bond acceptors (Lipinski definition) is 3. The second-order valence-corrected chi connectivity index (χ2v) is 4.06. The number of aliphatic hydroxyl groups excluding tert-OH is 1. The Morgan fingerprint density at radius 2 is 1.67 bits per heavy atom. The van der Waals surface area contributed by atoms with Gasteiger partial charge in [-0.3, -0.25) is 0 Å². The van der Waals surface area contributed by atoms with Crippen molar-refractivity contribution in [3.8, 4) is 0 Å². The molecule has 0 radical (unpaired) electrons. The number of rotatable bonds is 2. The molecule has 0 atom stereocenters. The van der Waals surface area contributed by atoms with Crippen LogP contribution in [0.25, 0.3) is 0 Å². The fourth-order valence-corrected chi connectivity index (χ4v) is 2.37. The third-order valence-corrected chi connectivity index (χ3v) is 3.22. The average molecular weight is 216 g/mol. The predicted octanol–water partition coefficient (Wildman–Crippen LogP) is 2.33. The quantitative estimate of drug-likeness (QED) is 0.770. The summed E-state index contributed by atoms with van der Waals surface area (Å²) in [7, 11) is 0. The molecule has 1 spiro atoms. The van der Waals surface area contributed by atoms with Crippen LogP contribution in [0.5, 0.6) is 0 Å². The summed E-state index contributed by atoms with van der Waals surface area (Å²) in [5, 5.41) is 8.81. The standard InChI is InChI=1S/C10H18O3.C2H6/c11-6-3-9-1-4-10(5-2-9)12-7-8-13-10;1-2/h9,11H,1-8H2;1-2H3. The van der Waals surface area contributed by atoms with E-state index in [-0.39, 0.29) is 5.79 Å². The van der Waals surface area contributed by atoms with Gasteiger partial charge >= 0.3 is 0 Å². The first-order chi connectivity index (χ1) is 7.35. The monoisotopic (exact) mass is 216 g/mol. The van der Waals surface area contributed by atoms with Crippen molar-refractivity contribution in [2.45, 2.75) is 51.7 Å². The van der Waals surface area contributed by atoms with Gasteiger partial charge in [0.25, 0.3) is 0 Å². The summed E-state index contributed by atoms with van der Waals surface area (Å²) in [6.45, 7) is 5.83. The molecule has 3 heteroatoms. The van der Waals surface area contributed by atoms with Gasteiger partial charge in [0.15, 0.2) is 5.79 Å². The van der Waals surface area contributed by atoms with E-state index >= 15 is 0 Å². The Morgan fingerprint density at radius 1 is 1.13 bits per heavy atom. The molecular formula is C12H24O3. The molecule has 1 saturated carbocycles. The van der Waals surface area contributed by atoms with E-state index in [0.717, 1.165) is 45.3 Å². The zero-order valence-electron chi connectivity index (χ0n) is 10.00. The van der Waals surface area contributed by atoms with Crippen molar-refractivity contribution in [2.75, 3.05) is 19.8 Å². The maximum Gasteiger partial charge on any atom is 0.168 e. The van der Waals surface area contributed by atoms with E-state index in [4.69, 9.17) is 14.6 Å². The van der Waals surface area contributed by atoms with Crippen LogP contribution in [-0.2, 0) is 9.47 Å². The molecule has 3 nitrogen and oxygen atoms in total. The summed E-state index contributed by atoms with van der Waals surface area (Å²) in [6, 6.07) is 0. The smallest absolute Gasteiger partial charge is 0.168 e. The van der Waals surface area contributed by atoms with Crippen molar-refractivity contribution < 1.29 is 14.6 Å². The van der Waals surface area contributed by atoms with Crippen molar-refractivity contribution in [3.05, 3.63) is 0 Å². The van der Waals surface area contributed by atoms with Gasteiger partial charge in [-0.1, -0.05) is 13.8 Å². The van der Waals surface area contributed by atoms with Crippen molar-refractivity contribution in [3.63, 3.8) is 0 Å². The molecule has 0 amide bonds. The summed E-state index contributed by atoms with van der Waals surface area (Å²) in [4.78, 5) is 0. The minimum atomic E-state index is -0.230. The maximum atomic E-state index is 8.81. The minimum Gasteiger partial charge on any atom is -0.396 e. The van der Waals surface area contributed by atoms with Gasteiger partial charge < -0.3 is 14.6 Å². The first-order valence-corrected chi connectivity index (χ1v) is 6.23. The second-order valence-electron chi connectivity index (χ2n) is 4.06. The van der Waals surface area contributed by atoms with Gasteiger partial charge in [0.05, 0.1) is 13.2 Å². The largest absolute Gasteiger partial charge is 0.396 e. The highest BCUT2D eigenvalue weighted by molar-refractivity contribution is 4.82. The van der Waals surface area contributed by atoms with E-state index in [1.807, 2.05) is 13.8 Å². The number of ether oxygens (including phenoxy) is 2. The van der Waals surface area contributed by atoms with Gasteiger partial charge in [-0.05, 0) is 25.2 Å². The molecule has 1 aliphatic heterocycles. The Balaban J connectivity index is 0.000000531. The first-order valence-electron chi connectivity index (χ1n) is 6.23. The number of aliphatic hydroxyl groups is 1. The minimum absolute atomic E-state index is 0.230. The van der Waals surface area contributed by atoms with Crippen LogP contribution in [0, 0.1) is 5.92 Å². The van der Waals surface area contributed by atoms with Gasteiger partial charge in [-0.25, -0.2) is 0 Å². The van der Waals surface area contributed by atoms with E-state index in [2.05, 4.69) is 0 Å². The first kappa shape index (κ1) is 12.9. The molecule has 2 rings (SSSR count). The van der Waals surface area contributed by atoms with Gasteiger partial charge in [0.1, 0.15) is 0 Å². The summed E-state index contributed by atoms with van der Waals surface area (Å²) >= 11 is 0. The van der Waals surface area contributed by atoms with E-state index in [1.54, 1.807) is 0 Å². The van der Waals surface area contributed by atoms with Gasteiger partial charge in [-0.15, -0.1) is 0 Å². The molecule has 0 aromatic rings. The summed E-state index contributed by atoms with van der Waals surface area (Å²) < 4.78 is 11.2. The van der Waals surface area contributed by atoms with Crippen LogP contribution in [0.2, 0.25) is 0 Å². The van der Waals surface area contributed by atoms with E-state index in [0.29, 0.717) is 12.5 Å². The maximum absolute atomic E-state index is 8.81. The summed E-state index contributed by atoms with van der Waals surface area (Å²) in [5.74, 6) is 0.454. The predicted molar refractivity (Wildman–Crippen MR) is 59.6 cm³/mol. The fraction of sp³-hybridized carbons (Fsp3) is 1.00. The second kappa shape index (κ2) is 6.46. The zero-order chi connectivity index (χ0) is 11.1. The number of hydrogen-bond donors (Lipinski definition) is 1. The van der Waals surface area contributed by atoms with Gasteiger partial charge in [0.2, 0.25) is 0 Å². The lowest BCUT2D eigenvalue weighted by molar-refractivity contribution is -0.183. The van der Waals surface area contributed by atoms with Crippen molar-refractivity contribution in [1.82, 2.24) is 0 Å². The van der Waals surface area contributed by atoms with Crippen LogP contribution < -0.4 is 0 Å². The zero-order valence-corrected chi connectivity index (χ0v) is 10.00. The molecule has 1 aliphatic carbocycles. The molecule has 1 heterocycles. The molecule has 1 saturated heterocycles. The Kier molecular flexibility index (Phi) is 5.58. The van der Waals surface area contributed by atoms with Crippen molar-refractivity contribution in [1.29, 1.82) is 0 Å². The van der Waals surface area contributed by atoms with Crippen LogP contribution >= 0.6 is 0 Å². The molecule has 1 N–H and O–H groups in total.